The summed E-state index contributed by atoms with van der Waals surface area (Å²) in [6, 6.07) is 0. The van der Waals surface area contributed by atoms with Crippen LogP contribution in [-0.2, 0) is 9.53 Å². The fraction of sp³-hybridized carbons (Fsp3) is 0.917. The van der Waals surface area contributed by atoms with Gasteiger partial charge in [-0.1, -0.05) is 20.3 Å². The van der Waals surface area contributed by atoms with Crippen molar-refractivity contribution < 1.29 is 24.9 Å². The number of halogens is 1. The summed E-state index contributed by atoms with van der Waals surface area (Å²) >= 11 is 5.94. The van der Waals surface area contributed by atoms with E-state index in [-0.39, 0.29) is 11.9 Å². The van der Waals surface area contributed by atoms with Crippen molar-refractivity contribution in [3.8, 4) is 0 Å². The molecular weight excluding hydrogens is 260 g/mol. The molecule has 6 atom stereocenters. The number of aliphatic hydroxyl groups is 3. The first-order valence-corrected chi connectivity index (χ1v) is 6.70. The van der Waals surface area contributed by atoms with Crippen LogP contribution in [0.15, 0.2) is 0 Å². The Morgan fingerprint density at radius 3 is 2.50 bits per heavy atom. The van der Waals surface area contributed by atoms with E-state index in [1.54, 1.807) is 6.92 Å². The first-order valence-electron chi connectivity index (χ1n) is 6.27. The zero-order valence-corrected chi connectivity index (χ0v) is 11.4. The van der Waals surface area contributed by atoms with Crippen molar-refractivity contribution in [2.75, 3.05) is 0 Å². The number of carbonyl (C=O) groups is 1. The first kappa shape index (κ1) is 15.7. The number of cyclic esters (lactones) is 1. The Labute approximate surface area is 112 Å². The molecule has 106 valence electrons. The van der Waals surface area contributed by atoms with Crippen LogP contribution in [0.2, 0.25) is 0 Å². The van der Waals surface area contributed by atoms with Crippen molar-refractivity contribution in [3.05, 3.63) is 0 Å². The van der Waals surface area contributed by atoms with Gasteiger partial charge in [-0.25, -0.2) is 0 Å². The summed E-state index contributed by atoms with van der Waals surface area (Å²) in [5, 5.41) is 28.3. The Bertz CT molecular complexity index is 286. The third kappa shape index (κ3) is 3.57. The van der Waals surface area contributed by atoms with Crippen LogP contribution >= 0.6 is 11.6 Å². The molecule has 0 saturated carbocycles. The van der Waals surface area contributed by atoms with Gasteiger partial charge in [-0.15, -0.1) is 11.6 Å². The normalized spacial score (nSPS) is 30.7. The van der Waals surface area contributed by atoms with Crippen molar-refractivity contribution in [1.29, 1.82) is 0 Å². The predicted molar refractivity (Wildman–Crippen MR) is 66.2 cm³/mol. The minimum atomic E-state index is -1.24. The van der Waals surface area contributed by atoms with E-state index >= 15 is 0 Å². The van der Waals surface area contributed by atoms with Gasteiger partial charge < -0.3 is 20.1 Å². The molecule has 6 heteroatoms. The number of aliphatic hydroxyl groups excluding tert-OH is 3. The highest BCUT2D eigenvalue weighted by Crippen LogP contribution is 2.27. The van der Waals surface area contributed by atoms with Crippen molar-refractivity contribution in [2.24, 2.45) is 5.92 Å². The molecule has 3 N–H and O–H groups in total. The number of carbonyl (C=O) groups excluding carboxylic acids is 1. The SMILES string of the molecule is CCC[C@@H](O)[C@H](O)[C@H](Cl)[C@H](O)[C@@H]1C[C@H](C)C(=O)O1. The van der Waals surface area contributed by atoms with Gasteiger partial charge >= 0.3 is 5.97 Å². The fourth-order valence-electron chi connectivity index (χ4n) is 2.05. The lowest BCUT2D eigenvalue weighted by Crippen LogP contribution is -2.46. The lowest BCUT2D eigenvalue weighted by Gasteiger charge is -2.28. The smallest absolute Gasteiger partial charge is 0.309 e. The summed E-state index contributed by atoms with van der Waals surface area (Å²) in [5.74, 6) is -0.641. The molecule has 0 bridgehead atoms. The highest BCUT2D eigenvalue weighted by Gasteiger charge is 2.41. The van der Waals surface area contributed by atoms with E-state index in [1.165, 1.54) is 0 Å². The lowest BCUT2D eigenvalue weighted by molar-refractivity contribution is -0.148. The third-order valence-corrected chi connectivity index (χ3v) is 3.78. The van der Waals surface area contributed by atoms with Crippen LogP contribution in [0.5, 0.6) is 0 Å². The summed E-state index contributed by atoms with van der Waals surface area (Å²) in [7, 11) is 0. The summed E-state index contributed by atoms with van der Waals surface area (Å²) in [5.41, 5.74) is 0. The molecule has 0 aromatic heterocycles. The van der Waals surface area contributed by atoms with Gasteiger partial charge in [0.25, 0.3) is 0 Å². The van der Waals surface area contributed by atoms with Crippen molar-refractivity contribution in [1.82, 2.24) is 0 Å². The molecule has 5 nitrogen and oxygen atoms in total. The monoisotopic (exact) mass is 280 g/mol. The molecule has 0 radical (unpaired) electrons. The van der Waals surface area contributed by atoms with Crippen LogP contribution in [0, 0.1) is 5.92 Å². The van der Waals surface area contributed by atoms with Gasteiger partial charge in [-0.05, 0) is 12.8 Å². The van der Waals surface area contributed by atoms with E-state index in [0.717, 1.165) is 0 Å². The van der Waals surface area contributed by atoms with Gasteiger partial charge in [0.05, 0.1) is 23.5 Å². The van der Waals surface area contributed by atoms with Gasteiger partial charge in [-0.2, -0.15) is 0 Å². The highest BCUT2D eigenvalue weighted by atomic mass is 35.5. The second-order valence-electron chi connectivity index (χ2n) is 4.89. The molecule has 1 saturated heterocycles. The van der Waals surface area contributed by atoms with Crippen LogP contribution in [0.1, 0.15) is 33.1 Å². The second-order valence-corrected chi connectivity index (χ2v) is 5.40. The largest absolute Gasteiger partial charge is 0.459 e. The lowest BCUT2D eigenvalue weighted by atomic mass is 9.96. The maximum atomic E-state index is 11.2. The number of ether oxygens (including phenoxy) is 1. The molecule has 0 aromatic carbocycles. The Morgan fingerprint density at radius 1 is 1.44 bits per heavy atom. The molecule has 1 fully saturated rings. The van der Waals surface area contributed by atoms with E-state index in [1.807, 2.05) is 6.92 Å². The minimum absolute atomic E-state index is 0.272. The molecule has 1 heterocycles. The van der Waals surface area contributed by atoms with E-state index in [0.29, 0.717) is 19.3 Å². The summed E-state index contributed by atoms with van der Waals surface area (Å²) in [6.07, 6.45) is -2.64. The van der Waals surface area contributed by atoms with Crippen molar-refractivity contribution in [3.63, 3.8) is 0 Å². The first-order chi connectivity index (χ1) is 8.38. The topological polar surface area (TPSA) is 87.0 Å². The highest BCUT2D eigenvalue weighted by molar-refractivity contribution is 6.21. The minimum Gasteiger partial charge on any atom is -0.459 e. The Kier molecular flexibility index (Phi) is 5.85. The van der Waals surface area contributed by atoms with Crippen molar-refractivity contribution in [2.45, 2.75) is 62.9 Å². The molecule has 1 aliphatic rings. The molecule has 0 aliphatic carbocycles. The maximum Gasteiger partial charge on any atom is 0.309 e. The predicted octanol–water partition coefficient (Wildman–Crippen LogP) is 0.428. The summed E-state index contributed by atoms with van der Waals surface area (Å²) in [6.45, 7) is 3.58. The van der Waals surface area contributed by atoms with Gasteiger partial charge in [0, 0.05) is 0 Å². The standard InChI is InChI=1S/C12H21ClO5/c1-3-4-7(14)10(15)9(13)11(16)8-5-6(2)12(17)18-8/h6-11,14-16H,3-5H2,1-2H3/t6-,7+,8-,9-,10-,11+/m0/s1. The van der Waals surface area contributed by atoms with Crippen LogP contribution in [0.25, 0.3) is 0 Å². The fourth-order valence-corrected chi connectivity index (χ4v) is 2.38. The second kappa shape index (κ2) is 6.70. The number of esters is 1. The zero-order valence-electron chi connectivity index (χ0n) is 10.6. The number of hydrogen-bond donors (Lipinski definition) is 3. The van der Waals surface area contributed by atoms with E-state index in [9.17, 15) is 20.1 Å². The Balaban J connectivity index is 2.55. The molecule has 0 spiro atoms. The average molecular weight is 281 g/mol. The molecular formula is C12H21ClO5. The van der Waals surface area contributed by atoms with E-state index in [4.69, 9.17) is 16.3 Å². The Hall–Kier alpha value is -0.360. The average Bonchev–Trinajstić information content (AvgIpc) is 2.67. The molecule has 0 amide bonds. The summed E-state index contributed by atoms with van der Waals surface area (Å²) in [4.78, 5) is 11.2. The number of hydrogen-bond acceptors (Lipinski definition) is 5. The van der Waals surface area contributed by atoms with Gasteiger partial charge in [0.15, 0.2) is 0 Å². The van der Waals surface area contributed by atoms with Crippen molar-refractivity contribution >= 4 is 17.6 Å². The third-order valence-electron chi connectivity index (χ3n) is 3.27. The summed E-state index contributed by atoms with van der Waals surface area (Å²) < 4.78 is 4.98. The Morgan fingerprint density at radius 2 is 2.06 bits per heavy atom. The maximum absolute atomic E-state index is 11.2. The molecule has 1 aliphatic heterocycles. The van der Waals surface area contributed by atoms with Crippen LogP contribution in [0.3, 0.4) is 0 Å². The van der Waals surface area contributed by atoms with Crippen LogP contribution in [-0.4, -0.2) is 51.1 Å². The van der Waals surface area contributed by atoms with Crippen LogP contribution in [0.4, 0.5) is 0 Å². The molecule has 0 aromatic rings. The van der Waals surface area contributed by atoms with E-state index < -0.39 is 29.8 Å². The van der Waals surface area contributed by atoms with Crippen LogP contribution < -0.4 is 0 Å². The molecule has 18 heavy (non-hydrogen) atoms. The zero-order chi connectivity index (χ0) is 13.9. The quantitative estimate of drug-likeness (QED) is 0.485. The molecule has 1 rings (SSSR count). The number of rotatable bonds is 6. The number of alkyl halides is 1. The van der Waals surface area contributed by atoms with Gasteiger partial charge in [0.1, 0.15) is 12.2 Å². The van der Waals surface area contributed by atoms with Gasteiger partial charge in [0.2, 0.25) is 0 Å². The molecule has 0 unspecified atom stereocenters. The van der Waals surface area contributed by atoms with Gasteiger partial charge in [-0.3, -0.25) is 4.79 Å². The van der Waals surface area contributed by atoms with E-state index in [2.05, 4.69) is 0 Å².